The molecule has 0 atom stereocenters. The molecule has 28 heavy (non-hydrogen) atoms. The molecule has 2 aliphatic rings. The van der Waals surface area contributed by atoms with Crippen LogP contribution in [-0.4, -0.2) is 0 Å². The molecule has 0 spiro atoms. The van der Waals surface area contributed by atoms with E-state index in [0.717, 1.165) is 23.3 Å². The zero-order valence-corrected chi connectivity index (χ0v) is 17.6. The first-order valence-corrected chi connectivity index (χ1v) is 11.7. The van der Waals surface area contributed by atoms with Crippen molar-refractivity contribution in [2.75, 3.05) is 0 Å². The van der Waals surface area contributed by atoms with Crippen LogP contribution in [0.3, 0.4) is 0 Å². The van der Waals surface area contributed by atoms with Crippen LogP contribution in [0.4, 0.5) is 4.39 Å². The fraction of sp³-hybridized carbons (Fsp3) is 0.630. The highest BCUT2D eigenvalue weighted by atomic mass is 19.1. The average molecular weight is 381 g/mol. The Morgan fingerprint density at radius 1 is 0.821 bits per heavy atom. The lowest BCUT2D eigenvalue weighted by Crippen LogP contribution is -2.17. The Balaban J connectivity index is 1.31. The Kier molecular flexibility index (Phi) is 8.66. The second kappa shape index (κ2) is 11.5. The van der Waals surface area contributed by atoms with Crippen molar-refractivity contribution in [3.8, 4) is 11.8 Å². The smallest absolute Gasteiger partial charge is 0.123 e. The van der Waals surface area contributed by atoms with Crippen LogP contribution in [0.2, 0.25) is 0 Å². The van der Waals surface area contributed by atoms with Crippen LogP contribution in [-0.2, 0) is 0 Å². The van der Waals surface area contributed by atoms with Gasteiger partial charge in [0.2, 0.25) is 0 Å². The molecule has 0 unspecified atom stereocenters. The Hall–Kier alpha value is -1.55. The van der Waals surface area contributed by atoms with Crippen molar-refractivity contribution in [3.05, 3.63) is 47.8 Å². The maximum atomic E-state index is 12.9. The molecule has 0 nitrogen and oxygen atoms in total. The van der Waals surface area contributed by atoms with Gasteiger partial charge in [0, 0.05) is 5.56 Å². The lowest BCUT2D eigenvalue weighted by Gasteiger charge is -2.31. The molecule has 3 rings (SSSR count). The van der Waals surface area contributed by atoms with Gasteiger partial charge in [-0.15, -0.1) is 0 Å². The number of rotatable bonds is 6. The van der Waals surface area contributed by atoms with E-state index in [1.165, 1.54) is 89.2 Å². The largest absolute Gasteiger partial charge is 0.207 e. The van der Waals surface area contributed by atoms with Gasteiger partial charge >= 0.3 is 0 Å². The SMILES string of the molecule is CCC[C@H]1CC[C@H](CC[C@H]2CC[C@H](C=CC#Cc3ccc(F)cc3)CC2)CC1. The normalized spacial score (nSPS) is 28.1. The summed E-state index contributed by atoms with van der Waals surface area (Å²) < 4.78 is 12.9. The molecule has 1 aromatic carbocycles. The molecule has 0 saturated heterocycles. The van der Waals surface area contributed by atoms with E-state index >= 15 is 0 Å². The summed E-state index contributed by atoms with van der Waals surface area (Å²) in [6, 6.07) is 6.40. The van der Waals surface area contributed by atoms with E-state index in [1.54, 1.807) is 12.1 Å². The molecule has 2 saturated carbocycles. The van der Waals surface area contributed by atoms with Crippen molar-refractivity contribution < 1.29 is 4.39 Å². The first-order chi connectivity index (χ1) is 13.7. The molecular weight excluding hydrogens is 343 g/mol. The van der Waals surface area contributed by atoms with Crippen molar-refractivity contribution in [3.63, 3.8) is 0 Å². The predicted molar refractivity (Wildman–Crippen MR) is 117 cm³/mol. The van der Waals surface area contributed by atoms with Gasteiger partial charge in [0.15, 0.2) is 0 Å². The highest BCUT2D eigenvalue weighted by molar-refractivity contribution is 5.36. The van der Waals surface area contributed by atoms with Crippen molar-refractivity contribution in [2.24, 2.45) is 23.7 Å². The van der Waals surface area contributed by atoms with E-state index in [9.17, 15) is 4.39 Å². The average Bonchev–Trinajstić information content (AvgIpc) is 2.73. The lowest BCUT2D eigenvalue weighted by atomic mass is 9.75. The van der Waals surface area contributed by atoms with E-state index in [0.29, 0.717) is 5.92 Å². The van der Waals surface area contributed by atoms with E-state index in [-0.39, 0.29) is 5.82 Å². The van der Waals surface area contributed by atoms with Crippen LogP contribution in [0.15, 0.2) is 36.4 Å². The maximum absolute atomic E-state index is 12.9. The highest BCUT2D eigenvalue weighted by Crippen LogP contribution is 2.37. The number of halogens is 1. The van der Waals surface area contributed by atoms with E-state index in [4.69, 9.17) is 0 Å². The second-order valence-electron chi connectivity index (χ2n) is 9.17. The van der Waals surface area contributed by atoms with Crippen LogP contribution in [0.1, 0.15) is 89.5 Å². The molecule has 0 radical (unpaired) electrons. The Morgan fingerprint density at radius 2 is 1.36 bits per heavy atom. The molecule has 1 heteroatoms. The Morgan fingerprint density at radius 3 is 1.93 bits per heavy atom. The molecule has 0 heterocycles. The molecule has 0 N–H and O–H groups in total. The van der Waals surface area contributed by atoms with Crippen LogP contribution in [0.25, 0.3) is 0 Å². The first kappa shape index (κ1) is 21.2. The summed E-state index contributed by atoms with van der Waals surface area (Å²) in [5, 5.41) is 0. The Labute approximate surface area is 172 Å². The number of allylic oxidation sites excluding steroid dienone is 2. The van der Waals surface area contributed by atoms with Gasteiger partial charge in [-0.1, -0.05) is 76.2 Å². The quantitative estimate of drug-likeness (QED) is 0.440. The number of benzene rings is 1. The standard InChI is InChI=1S/C27H37F/c1-2-5-22-8-12-25(13-9-22)16-17-26-14-10-23(11-15-26)6-3-4-7-24-18-20-27(28)21-19-24/h3,6,18-23,25-26H,2,5,8-17H2,1H3/t22-,23-,25-,26-. The molecule has 0 aromatic heterocycles. The fourth-order valence-electron chi connectivity index (χ4n) is 5.20. The molecule has 0 amide bonds. The van der Waals surface area contributed by atoms with Crippen LogP contribution >= 0.6 is 0 Å². The fourth-order valence-corrected chi connectivity index (χ4v) is 5.20. The molecule has 1 aromatic rings. The van der Waals surface area contributed by atoms with Crippen molar-refractivity contribution in [2.45, 2.75) is 84.0 Å². The van der Waals surface area contributed by atoms with Crippen LogP contribution < -0.4 is 0 Å². The van der Waals surface area contributed by atoms with Crippen LogP contribution in [0.5, 0.6) is 0 Å². The molecule has 2 aliphatic carbocycles. The zero-order valence-electron chi connectivity index (χ0n) is 17.6. The van der Waals surface area contributed by atoms with Gasteiger partial charge in [-0.25, -0.2) is 4.39 Å². The first-order valence-electron chi connectivity index (χ1n) is 11.7. The molecule has 2 fully saturated rings. The number of hydrogen-bond donors (Lipinski definition) is 0. The third-order valence-corrected chi connectivity index (χ3v) is 7.05. The maximum Gasteiger partial charge on any atom is 0.123 e. The van der Waals surface area contributed by atoms with Gasteiger partial charge in [-0.2, -0.15) is 0 Å². The Bertz CT molecular complexity index is 644. The minimum absolute atomic E-state index is 0.206. The van der Waals surface area contributed by atoms with Gasteiger partial charge in [0.1, 0.15) is 5.82 Å². The summed E-state index contributed by atoms with van der Waals surface area (Å²) in [4.78, 5) is 0. The number of hydrogen-bond acceptors (Lipinski definition) is 0. The van der Waals surface area contributed by atoms with Gasteiger partial charge in [0.05, 0.1) is 0 Å². The van der Waals surface area contributed by atoms with Gasteiger partial charge in [-0.05, 0) is 79.7 Å². The molecule has 152 valence electrons. The van der Waals surface area contributed by atoms with Crippen molar-refractivity contribution >= 4 is 0 Å². The van der Waals surface area contributed by atoms with Crippen molar-refractivity contribution in [1.82, 2.24) is 0 Å². The predicted octanol–water partition coefficient (Wildman–Crippen LogP) is 7.93. The third-order valence-electron chi connectivity index (χ3n) is 7.05. The topological polar surface area (TPSA) is 0 Å². The van der Waals surface area contributed by atoms with E-state index in [1.807, 2.05) is 6.08 Å². The van der Waals surface area contributed by atoms with Crippen molar-refractivity contribution in [1.29, 1.82) is 0 Å². The minimum Gasteiger partial charge on any atom is -0.207 e. The molecule has 0 bridgehead atoms. The van der Waals surface area contributed by atoms with Gasteiger partial charge < -0.3 is 0 Å². The molecule has 0 aliphatic heterocycles. The summed E-state index contributed by atoms with van der Waals surface area (Å²) in [7, 11) is 0. The zero-order chi connectivity index (χ0) is 19.6. The second-order valence-corrected chi connectivity index (χ2v) is 9.17. The van der Waals surface area contributed by atoms with Gasteiger partial charge in [0.25, 0.3) is 0 Å². The van der Waals surface area contributed by atoms with Crippen LogP contribution in [0, 0.1) is 41.3 Å². The monoisotopic (exact) mass is 380 g/mol. The van der Waals surface area contributed by atoms with E-state index < -0.39 is 0 Å². The third kappa shape index (κ3) is 7.12. The summed E-state index contributed by atoms with van der Waals surface area (Å²) in [5.41, 5.74) is 0.874. The lowest BCUT2D eigenvalue weighted by molar-refractivity contribution is 0.221. The summed E-state index contributed by atoms with van der Waals surface area (Å²) in [6.45, 7) is 2.33. The highest BCUT2D eigenvalue weighted by Gasteiger charge is 2.23. The molecular formula is C27H37F. The minimum atomic E-state index is -0.206. The van der Waals surface area contributed by atoms with E-state index in [2.05, 4.69) is 24.8 Å². The van der Waals surface area contributed by atoms with Gasteiger partial charge in [-0.3, -0.25) is 0 Å². The summed E-state index contributed by atoms with van der Waals surface area (Å²) >= 11 is 0. The summed E-state index contributed by atoms with van der Waals surface area (Å²) in [5.74, 6) is 9.70. The summed E-state index contributed by atoms with van der Waals surface area (Å²) in [6.07, 6.45) is 21.5.